The maximum atomic E-state index is 5.94. The number of benzene rings is 1. The van der Waals surface area contributed by atoms with Gasteiger partial charge in [0.15, 0.2) is 23.1 Å². The monoisotopic (exact) mass is 451 g/mol. The molecule has 3 heterocycles. The minimum Gasteiger partial charge on any atom is -0.493 e. The lowest BCUT2D eigenvalue weighted by molar-refractivity contribution is 0.144. The van der Waals surface area contributed by atoms with E-state index in [1.807, 2.05) is 19.9 Å². The van der Waals surface area contributed by atoms with Crippen LogP contribution in [0, 0.1) is 0 Å². The van der Waals surface area contributed by atoms with Gasteiger partial charge >= 0.3 is 0 Å². The molecule has 1 aliphatic rings. The van der Waals surface area contributed by atoms with Gasteiger partial charge in [0.05, 0.1) is 27.0 Å². The van der Waals surface area contributed by atoms with E-state index in [-0.39, 0.29) is 0 Å². The smallest absolute Gasteiger partial charge is 0.233 e. The number of anilines is 5. The summed E-state index contributed by atoms with van der Waals surface area (Å²) in [5.74, 6) is 3.86. The zero-order chi connectivity index (χ0) is 23.6. The van der Waals surface area contributed by atoms with E-state index in [1.165, 1.54) is 6.33 Å². The van der Waals surface area contributed by atoms with Crippen molar-refractivity contribution in [3.63, 3.8) is 0 Å². The predicted molar refractivity (Wildman–Crippen MR) is 124 cm³/mol. The third-order valence-electron chi connectivity index (χ3n) is 4.95. The van der Waals surface area contributed by atoms with E-state index < -0.39 is 5.60 Å². The van der Waals surface area contributed by atoms with Gasteiger partial charge in [0, 0.05) is 17.8 Å². The Morgan fingerprint density at radius 2 is 1.61 bits per heavy atom. The molecule has 0 radical (unpaired) electrons. The number of hydrogen-bond donors (Lipinski definition) is 3. The average Bonchev–Trinajstić information content (AvgIpc) is 2.79. The van der Waals surface area contributed by atoms with E-state index in [1.54, 1.807) is 39.5 Å². The van der Waals surface area contributed by atoms with Crippen LogP contribution in [0.3, 0.4) is 0 Å². The first-order valence-corrected chi connectivity index (χ1v) is 10.0. The molecule has 2 aromatic heterocycles. The number of nitrogens with zero attached hydrogens (tertiary/aromatic N) is 4. The molecule has 0 atom stereocenters. The summed E-state index contributed by atoms with van der Waals surface area (Å²) in [4.78, 5) is 17.3. The van der Waals surface area contributed by atoms with Crippen LogP contribution >= 0.6 is 0 Å². The topological polar surface area (TPSA) is 125 Å². The van der Waals surface area contributed by atoms with Crippen molar-refractivity contribution in [2.24, 2.45) is 0 Å². The molecular weight excluding hydrogens is 426 g/mol. The average molecular weight is 451 g/mol. The highest BCUT2D eigenvalue weighted by molar-refractivity contribution is 5.66. The fourth-order valence-corrected chi connectivity index (χ4v) is 3.13. The lowest BCUT2D eigenvalue weighted by Crippen LogP contribution is -2.37. The zero-order valence-electron chi connectivity index (χ0n) is 19.0. The van der Waals surface area contributed by atoms with E-state index in [4.69, 9.17) is 18.9 Å². The van der Waals surface area contributed by atoms with Crippen molar-refractivity contribution in [1.29, 1.82) is 0 Å². The van der Waals surface area contributed by atoms with Crippen molar-refractivity contribution in [3.8, 4) is 23.0 Å². The molecule has 0 saturated carbocycles. The van der Waals surface area contributed by atoms with Gasteiger partial charge in [0.2, 0.25) is 17.6 Å². The van der Waals surface area contributed by atoms with E-state index in [9.17, 15) is 0 Å². The first kappa shape index (κ1) is 21.9. The minimum atomic E-state index is -0.523. The number of fused-ring (bicyclic) bond motifs is 1. The second kappa shape index (κ2) is 8.69. The molecule has 11 heteroatoms. The number of methoxy groups -OCH3 is 3. The Labute approximate surface area is 191 Å². The normalized spacial score (nSPS) is 13.8. The zero-order valence-corrected chi connectivity index (χ0v) is 19.0. The van der Waals surface area contributed by atoms with Gasteiger partial charge in [-0.15, -0.1) is 0 Å². The molecule has 0 unspecified atom stereocenters. The van der Waals surface area contributed by atoms with Crippen molar-refractivity contribution in [3.05, 3.63) is 42.9 Å². The fraction of sp³-hybridized carbons (Fsp3) is 0.273. The Kier molecular flexibility index (Phi) is 5.78. The Bertz CT molecular complexity index is 1170. The Morgan fingerprint density at radius 3 is 2.24 bits per heavy atom. The van der Waals surface area contributed by atoms with Gasteiger partial charge in [0.25, 0.3) is 0 Å². The van der Waals surface area contributed by atoms with Gasteiger partial charge in [-0.05, 0) is 26.0 Å². The van der Waals surface area contributed by atoms with Crippen LogP contribution < -0.4 is 34.9 Å². The third-order valence-corrected chi connectivity index (χ3v) is 4.95. The Balaban J connectivity index is 1.54. The molecule has 0 fully saturated rings. The van der Waals surface area contributed by atoms with Crippen LogP contribution in [0.4, 0.5) is 29.2 Å². The van der Waals surface area contributed by atoms with Crippen LogP contribution in [0.5, 0.6) is 23.0 Å². The molecule has 3 N–H and O–H groups in total. The highest BCUT2D eigenvalue weighted by Crippen LogP contribution is 2.40. The van der Waals surface area contributed by atoms with Crippen molar-refractivity contribution >= 4 is 29.2 Å². The van der Waals surface area contributed by atoms with Crippen LogP contribution in [0.1, 0.15) is 13.8 Å². The maximum Gasteiger partial charge on any atom is 0.233 e. The van der Waals surface area contributed by atoms with E-state index in [0.29, 0.717) is 52.2 Å². The van der Waals surface area contributed by atoms with Crippen LogP contribution in [0.2, 0.25) is 0 Å². The molecule has 33 heavy (non-hydrogen) atoms. The van der Waals surface area contributed by atoms with Gasteiger partial charge in [-0.2, -0.15) is 4.98 Å². The molecule has 0 saturated heterocycles. The summed E-state index contributed by atoms with van der Waals surface area (Å²) >= 11 is 0. The number of aromatic nitrogens is 4. The van der Waals surface area contributed by atoms with Crippen LogP contribution in [-0.2, 0) is 0 Å². The van der Waals surface area contributed by atoms with Gasteiger partial charge in [-0.3, -0.25) is 0 Å². The molecule has 0 bridgehead atoms. The third kappa shape index (κ3) is 4.52. The Morgan fingerprint density at radius 1 is 0.939 bits per heavy atom. The molecule has 0 spiro atoms. The first-order valence-electron chi connectivity index (χ1n) is 10.0. The summed E-state index contributed by atoms with van der Waals surface area (Å²) in [6, 6.07) is 7.11. The van der Waals surface area contributed by atoms with Crippen LogP contribution in [0.25, 0.3) is 0 Å². The van der Waals surface area contributed by atoms with E-state index >= 15 is 0 Å². The molecule has 11 nitrogen and oxygen atoms in total. The molecule has 1 aliphatic heterocycles. The van der Waals surface area contributed by atoms with E-state index in [2.05, 4.69) is 42.5 Å². The molecule has 0 aliphatic carbocycles. The van der Waals surface area contributed by atoms with Crippen molar-refractivity contribution in [2.45, 2.75) is 19.4 Å². The van der Waals surface area contributed by atoms with Crippen molar-refractivity contribution in [1.82, 2.24) is 19.9 Å². The highest BCUT2D eigenvalue weighted by Gasteiger charge is 2.31. The SMILES string of the molecule is C=C1Nc2nc(Nc3ncnc(Nc4cc(OC)c(OC)c(OC)c4)n3)ccc2OC1(C)C. The number of hydrogen-bond acceptors (Lipinski definition) is 11. The lowest BCUT2D eigenvalue weighted by Gasteiger charge is -2.34. The summed E-state index contributed by atoms with van der Waals surface area (Å²) in [5, 5.41) is 9.37. The lowest BCUT2D eigenvalue weighted by atomic mass is 10.0. The van der Waals surface area contributed by atoms with Crippen molar-refractivity contribution < 1.29 is 18.9 Å². The van der Waals surface area contributed by atoms with Gasteiger partial charge < -0.3 is 34.9 Å². The van der Waals surface area contributed by atoms with Crippen LogP contribution in [-0.4, -0.2) is 46.9 Å². The summed E-state index contributed by atoms with van der Waals surface area (Å²) in [6.45, 7) is 7.87. The van der Waals surface area contributed by atoms with Gasteiger partial charge in [-0.1, -0.05) is 6.58 Å². The summed E-state index contributed by atoms with van der Waals surface area (Å²) < 4.78 is 22.1. The summed E-state index contributed by atoms with van der Waals surface area (Å²) in [6.07, 6.45) is 1.39. The Hall–Kier alpha value is -4.28. The quantitative estimate of drug-likeness (QED) is 0.485. The summed E-state index contributed by atoms with van der Waals surface area (Å²) in [7, 11) is 4.64. The predicted octanol–water partition coefficient (Wildman–Crippen LogP) is 3.88. The molecule has 1 aromatic carbocycles. The molecule has 4 rings (SSSR count). The first-order chi connectivity index (χ1) is 15.8. The maximum absolute atomic E-state index is 5.94. The number of nitrogens with one attached hydrogen (secondary N) is 3. The fourth-order valence-electron chi connectivity index (χ4n) is 3.13. The molecule has 0 amide bonds. The second-order valence-electron chi connectivity index (χ2n) is 7.56. The standard InChI is InChI=1S/C22H25N7O4/c1-12-22(2,3)33-14-7-8-17(27-19(14)25-12)28-21-24-11-23-20(29-21)26-13-9-15(30-4)18(32-6)16(10-13)31-5/h7-11H,1H2,2-6H3,(H3,23,24,25,26,27,28,29). The molecule has 172 valence electrons. The second-order valence-corrected chi connectivity index (χ2v) is 7.56. The number of ether oxygens (including phenoxy) is 4. The number of pyridine rings is 1. The van der Waals surface area contributed by atoms with E-state index in [0.717, 1.165) is 5.70 Å². The molecule has 3 aromatic rings. The highest BCUT2D eigenvalue weighted by atomic mass is 16.5. The van der Waals surface area contributed by atoms with Crippen molar-refractivity contribution in [2.75, 3.05) is 37.3 Å². The summed E-state index contributed by atoms with van der Waals surface area (Å²) in [5.41, 5.74) is 0.846. The largest absolute Gasteiger partial charge is 0.493 e. The van der Waals surface area contributed by atoms with Crippen LogP contribution in [0.15, 0.2) is 42.9 Å². The number of rotatable bonds is 7. The van der Waals surface area contributed by atoms with Gasteiger partial charge in [0.1, 0.15) is 17.7 Å². The van der Waals surface area contributed by atoms with Gasteiger partial charge in [-0.25, -0.2) is 15.0 Å². The molecular formula is C22H25N7O4. The minimum absolute atomic E-state index is 0.309.